The number of carboxylic acids is 1. The minimum Gasteiger partial charge on any atom is -0.481 e. The van der Waals surface area contributed by atoms with Crippen molar-refractivity contribution in [3.63, 3.8) is 0 Å². The number of nitrogens with zero attached hydrogens (tertiary/aromatic N) is 1. The van der Waals surface area contributed by atoms with E-state index in [0.717, 1.165) is 17.7 Å². The Morgan fingerprint density at radius 2 is 2.04 bits per heavy atom. The van der Waals surface area contributed by atoms with Crippen molar-refractivity contribution in [1.29, 1.82) is 0 Å². The van der Waals surface area contributed by atoms with Crippen molar-refractivity contribution in [3.05, 3.63) is 29.1 Å². The Kier molecular flexibility index (Phi) is 4.10. The van der Waals surface area contributed by atoms with E-state index in [1.54, 1.807) is 6.07 Å². The molecule has 1 aromatic heterocycles. The molecule has 1 aromatic rings. The lowest BCUT2D eigenvalue weighted by Crippen LogP contribution is -2.56. The number of carbonyl (C=O) groups is 2. The molecular formula is C17H22N2O4. The van der Waals surface area contributed by atoms with E-state index < -0.39 is 5.97 Å². The van der Waals surface area contributed by atoms with Gasteiger partial charge < -0.3 is 15.2 Å². The normalized spacial score (nSPS) is 29.8. The second-order valence-corrected chi connectivity index (χ2v) is 6.74. The van der Waals surface area contributed by atoms with Crippen LogP contribution < -0.4 is 5.32 Å². The molecule has 23 heavy (non-hydrogen) atoms. The molecule has 2 aliphatic rings. The second kappa shape index (κ2) is 5.92. The van der Waals surface area contributed by atoms with Gasteiger partial charge in [-0.15, -0.1) is 0 Å². The standard InChI is InChI=1S/C17H22N2O4/c1-10-3-4-14(18-11(10)2)15(20)19-13-5-6-23-17(9-13)7-12(8-17)16(21)22/h3-4,12-13H,5-9H2,1-2H3,(H,19,20)(H,21,22). The van der Waals surface area contributed by atoms with Gasteiger partial charge in [-0.2, -0.15) is 0 Å². The number of rotatable bonds is 3. The first kappa shape index (κ1) is 15.9. The number of carbonyl (C=O) groups excluding carboxylic acids is 1. The van der Waals surface area contributed by atoms with Crippen LogP contribution in [-0.2, 0) is 9.53 Å². The quantitative estimate of drug-likeness (QED) is 0.888. The van der Waals surface area contributed by atoms with Crippen LogP contribution in [0, 0.1) is 19.8 Å². The molecule has 1 spiro atoms. The number of carboxylic acid groups (broad SMARTS) is 1. The van der Waals surface area contributed by atoms with Gasteiger partial charge in [-0.05, 0) is 51.2 Å². The Labute approximate surface area is 135 Å². The van der Waals surface area contributed by atoms with E-state index in [0.29, 0.717) is 31.6 Å². The zero-order valence-electron chi connectivity index (χ0n) is 13.5. The van der Waals surface area contributed by atoms with Crippen LogP contribution in [0.2, 0.25) is 0 Å². The summed E-state index contributed by atoms with van der Waals surface area (Å²) in [6.07, 6.45) is 2.50. The number of pyridine rings is 1. The summed E-state index contributed by atoms with van der Waals surface area (Å²) >= 11 is 0. The van der Waals surface area contributed by atoms with Crippen LogP contribution in [0.5, 0.6) is 0 Å². The van der Waals surface area contributed by atoms with Gasteiger partial charge in [-0.25, -0.2) is 4.98 Å². The molecule has 1 amide bonds. The van der Waals surface area contributed by atoms with Crippen LogP contribution in [0.3, 0.4) is 0 Å². The third-order valence-electron chi connectivity index (χ3n) is 5.00. The third kappa shape index (κ3) is 3.22. The van der Waals surface area contributed by atoms with Gasteiger partial charge >= 0.3 is 5.97 Å². The number of aryl methyl sites for hydroxylation is 2. The van der Waals surface area contributed by atoms with Gasteiger partial charge in [-0.1, -0.05) is 6.07 Å². The fraction of sp³-hybridized carbons (Fsp3) is 0.588. The van der Waals surface area contributed by atoms with Crippen LogP contribution in [-0.4, -0.2) is 40.2 Å². The van der Waals surface area contributed by atoms with Crippen molar-refractivity contribution < 1.29 is 19.4 Å². The first-order valence-electron chi connectivity index (χ1n) is 8.00. The van der Waals surface area contributed by atoms with Crippen molar-refractivity contribution in [2.45, 2.75) is 51.2 Å². The van der Waals surface area contributed by atoms with E-state index in [1.807, 2.05) is 19.9 Å². The molecule has 1 saturated heterocycles. The number of amides is 1. The second-order valence-electron chi connectivity index (χ2n) is 6.74. The zero-order valence-corrected chi connectivity index (χ0v) is 13.5. The summed E-state index contributed by atoms with van der Waals surface area (Å²) in [7, 11) is 0. The molecule has 3 rings (SSSR count). The minimum absolute atomic E-state index is 0.00871. The molecule has 2 N–H and O–H groups in total. The van der Waals surface area contributed by atoms with E-state index in [1.165, 1.54) is 0 Å². The highest BCUT2D eigenvalue weighted by Crippen LogP contribution is 2.46. The van der Waals surface area contributed by atoms with E-state index in [4.69, 9.17) is 9.84 Å². The van der Waals surface area contributed by atoms with Gasteiger partial charge in [0.15, 0.2) is 0 Å². The van der Waals surface area contributed by atoms with Gasteiger partial charge in [-0.3, -0.25) is 9.59 Å². The van der Waals surface area contributed by atoms with Crippen molar-refractivity contribution in [2.75, 3.05) is 6.61 Å². The Morgan fingerprint density at radius 1 is 1.30 bits per heavy atom. The van der Waals surface area contributed by atoms with Gasteiger partial charge in [0.05, 0.1) is 11.5 Å². The van der Waals surface area contributed by atoms with Gasteiger partial charge in [0.25, 0.3) is 5.91 Å². The number of nitrogens with one attached hydrogen (secondary N) is 1. The summed E-state index contributed by atoms with van der Waals surface area (Å²) in [6.45, 7) is 4.40. The molecule has 0 radical (unpaired) electrons. The summed E-state index contributed by atoms with van der Waals surface area (Å²) in [5.74, 6) is -1.25. The third-order valence-corrected chi connectivity index (χ3v) is 5.00. The molecule has 1 aliphatic heterocycles. The topological polar surface area (TPSA) is 88.5 Å². The highest BCUT2D eigenvalue weighted by Gasteiger charge is 2.51. The van der Waals surface area contributed by atoms with Crippen LogP contribution in [0.25, 0.3) is 0 Å². The van der Waals surface area contributed by atoms with Crippen molar-refractivity contribution >= 4 is 11.9 Å². The first-order valence-corrected chi connectivity index (χ1v) is 8.00. The molecule has 6 heteroatoms. The Balaban J connectivity index is 1.60. The average Bonchev–Trinajstić information content (AvgIpc) is 2.47. The molecule has 0 bridgehead atoms. The van der Waals surface area contributed by atoms with Crippen LogP contribution in [0.15, 0.2) is 12.1 Å². The maximum atomic E-state index is 12.4. The van der Waals surface area contributed by atoms with E-state index >= 15 is 0 Å². The molecule has 2 heterocycles. The number of aliphatic carboxylic acids is 1. The van der Waals surface area contributed by atoms with Crippen molar-refractivity contribution in [1.82, 2.24) is 10.3 Å². The highest BCUT2D eigenvalue weighted by atomic mass is 16.5. The maximum absolute atomic E-state index is 12.4. The predicted molar refractivity (Wildman–Crippen MR) is 83.2 cm³/mol. The maximum Gasteiger partial charge on any atom is 0.306 e. The van der Waals surface area contributed by atoms with Crippen molar-refractivity contribution in [3.8, 4) is 0 Å². The van der Waals surface area contributed by atoms with E-state index in [2.05, 4.69) is 10.3 Å². The number of hydrogen-bond acceptors (Lipinski definition) is 4. The summed E-state index contributed by atoms with van der Waals surface area (Å²) < 4.78 is 5.80. The number of hydrogen-bond donors (Lipinski definition) is 2. The van der Waals surface area contributed by atoms with Gasteiger partial charge in [0.2, 0.25) is 0 Å². The average molecular weight is 318 g/mol. The number of ether oxygens (including phenoxy) is 1. The lowest BCUT2D eigenvalue weighted by atomic mass is 9.66. The molecule has 2 fully saturated rings. The molecule has 1 aliphatic carbocycles. The van der Waals surface area contributed by atoms with Gasteiger partial charge in [0.1, 0.15) is 5.69 Å². The largest absolute Gasteiger partial charge is 0.481 e. The molecule has 6 nitrogen and oxygen atoms in total. The van der Waals surface area contributed by atoms with Gasteiger partial charge in [0, 0.05) is 18.3 Å². The number of aromatic nitrogens is 1. The summed E-state index contributed by atoms with van der Waals surface area (Å²) in [6, 6.07) is 3.64. The predicted octanol–water partition coefficient (Wildman–Crippen LogP) is 1.84. The highest BCUT2D eigenvalue weighted by molar-refractivity contribution is 5.92. The fourth-order valence-corrected chi connectivity index (χ4v) is 3.46. The Morgan fingerprint density at radius 3 is 2.70 bits per heavy atom. The fourth-order valence-electron chi connectivity index (χ4n) is 3.46. The lowest BCUT2D eigenvalue weighted by molar-refractivity contribution is -0.181. The molecular weight excluding hydrogens is 296 g/mol. The smallest absolute Gasteiger partial charge is 0.306 e. The minimum atomic E-state index is -0.760. The molecule has 0 aromatic carbocycles. The summed E-state index contributed by atoms with van der Waals surface area (Å²) in [5, 5.41) is 12.0. The molecule has 1 unspecified atom stereocenters. The Bertz CT molecular complexity index is 637. The summed E-state index contributed by atoms with van der Waals surface area (Å²) in [5.41, 5.74) is 1.96. The van der Waals surface area contributed by atoms with Crippen LogP contribution in [0.1, 0.15) is 47.4 Å². The monoisotopic (exact) mass is 318 g/mol. The SMILES string of the molecule is Cc1ccc(C(=O)NC2CCOC3(C2)CC(C(=O)O)C3)nc1C. The molecule has 124 valence electrons. The van der Waals surface area contributed by atoms with Crippen LogP contribution in [0.4, 0.5) is 0 Å². The lowest BCUT2D eigenvalue weighted by Gasteiger charge is -2.50. The molecule has 1 atom stereocenters. The van der Waals surface area contributed by atoms with E-state index in [-0.39, 0.29) is 23.5 Å². The zero-order chi connectivity index (χ0) is 16.6. The summed E-state index contributed by atoms with van der Waals surface area (Å²) in [4.78, 5) is 27.7. The molecule has 1 saturated carbocycles. The van der Waals surface area contributed by atoms with Crippen molar-refractivity contribution in [2.24, 2.45) is 5.92 Å². The van der Waals surface area contributed by atoms with Crippen LogP contribution >= 0.6 is 0 Å². The van der Waals surface area contributed by atoms with E-state index in [9.17, 15) is 9.59 Å². The first-order chi connectivity index (χ1) is 10.9. The Hall–Kier alpha value is -1.95.